The quantitative estimate of drug-likeness (QED) is 0.822. The van der Waals surface area contributed by atoms with Gasteiger partial charge in [-0.2, -0.15) is 0 Å². The van der Waals surface area contributed by atoms with Crippen LogP contribution in [0.1, 0.15) is 79.1 Å². The molecule has 1 saturated carbocycles. The van der Waals surface area contributed by atoms with Crippen molar-refractivity contribution in [2.45, 2.75) is 85.1 Å². The lowest BCUT2D eigenvalue weighted by Gasteiger charge is -2.41. The average molecular weight is 323 g/mol. The number of piperidine rings is 1. The fourth-order valence-electron chi connectivity index (χ4n) is 4.52. The third-order valence-electron chi connectivity index (χ3n) is 5.51. The lowest BCUT2D eigenvalue weighted by molar-refractivity contribution is -0.133. The summed E-state index contributed by atoms with van der Waals surface area (Å²) in [6, 6.07) is 0.494. The van der Waals surface area contributed by atoms with Crippen LogP contribution in [0.3, 0.4) is 0 Å². The van der Waals surface area contributed by atoms with Crippen molar-refractivity contribution < 1.29 is 4.79 Å². The van der Waals surface area contributed by atoms with E-state index >= 15 is 0 Å². The zero-order chi connectivity index (χ0) is 16.9. The van der Waals surface area contributed by atoms with E-state index in [0.29, 0.717) is 29.7 Å². The largest absolute Gasteiger partial charge is 0.341 e. The highest BCUT2D eigenvalue weighted by atomic mass is 16.2. The normalized spacial score (nSPS) is 27.2. The Hall–Kier alpha value is -0.570. The molecule has 0 aromatic carbocycles. The molecule has 2 atom stereocenters. The number of hydrogen-bond donors (Lipinski definition) is 1. The van der Waals surface area contributed by atoms with Crippen LogP contribution in [0.2, 0.25) is 0 Å². The van der Waals surface area contributed by atoms with E-state index in [4.69, 9.17) is 0 Å². The minimum atomic E-state index is 0.327. The van der Waals surface area contributed by atoms with E-state index in [0.717, 1.165) is 25.6 Å². The third-order valence-corrected chi connectivity index (χ3v) is 5.51. The molecule has 0 aromatic heterocycles. The Balaban J connectivity index is 1.89. The average Bonchev–Trinajstić information content (AvgIpc) is 2.51. The van der Waals surface area contributed by atoms with Gasteiger partial charge in [-0.15, -0.1) is 0 Å². The summed E-state index contributed by atoms with van der Waals surface area (Å²) < 4.78 is 0. The standard InChI is InChI=1S/C20H38N2O/c1-5-19(23)22-14-17(12-20(2,3)4)11-18(15-22)21-13-16-9-7-6-8-10-16/h16-18,21H,5-15H2,1-4H3. The maximum absolute atomic E-state index is 12.2. The Morgan fingerprint density at radius 2 is 1.78 bits per heavy atom. The Morgan fingerprint density at radius 3 is 2.39 bits per heavy atom. The molecule has 23 heavy (non-hydrogen) atoms. The van der Waals surface area contributed by atoms with Crippen LogP contribution in [-0.4, -0.2) is 36.5 Å². The SMILES string of the molecule is CCC(=O)N1CC(CC(C)(C)C)CC(NCC2CCCCC2)C1. The second kappa shape index (κ2) is 8.50. The number of nitrogens with zero attached hydrogens (tertiary/aromatic N) is 1. The van der Waals surface area contributed by atoms with Gasteiger partial charge >= 0.3 is 0 Å². The molecule has 2 rings (SSSR count). The summed E-state index contributed by atoms with van der Waals surface area (Å²) in [4.78, 5) is 14.4. The number of rotatable bonds is 5. The summed E-state index contributed by atoms with van der Waals surface area (Å²) in [6.45, 7) is 12.0. The number of hydrogen-bond acceptors (Lipinski definition) is 2. The monoisotopic (exact) mass is 322 g/mol. The molecule has 0 aromatic rings. The van der Waals surface area contributed by atoms with Crippen LogP contribution < -0.4 is 5.32 Å². The van der Waals surface area contributed by atoms with E-state index in [1.807, 2.05) is 6.92 Å². The Labute approximate surface area is 143 Å². The molecule has 3 heteroatoms. The van der Waals surface area contributed by atoms with Crippen LogP contribution in [0.5, 0.6) is 0 Å². The number of carbonyl (C=O) groups is 1. The van der Waals surface area contributed by atoms with Gasteiger partial charge in [0.05, 0.1) is 0 Å². The Morgan fingerprint density at radius 1 is 1.09 bits per heavy atom. The van der Waals surface area contributed by atoms with E-state index in [9.17, 15) is 4.79 Å². The van der Waals surface area contributed by atoms with Gasteiger partial charge in [-0.25, -0.2) is 0 Å². The first-order valence-electron chi connectivity index (χ1n) is 9.88. The molecule has 0 spiro atoms. The van der Waals surface area contributed by atoms with Crippen molar-refractivity contribution in [3.05, 3.63) is 0 Å². The summed E-state index contributed by atoms with van der Waals surface area (Å²) >= 11 is 0. The summed E-state index contributed by atoms with van der Waals surface area (Å²) in [7, 11) is 0. The first kappa shape index (κ1) is 18.8. The molecule has 0 bridgehead atoms. The van der Waals surface area contributed by atoms with Gasteiger partial charge < -0.3 is 10.2 Å². The van der Waals surface area contributed by atoms with Crippen LogP contribution in [0, 0.1) is 17.3 Å². The van der Waals surface area contributed by atoms with Gasteiger partial charge in [-0.05, 0) is 49.5 Å². The van der Waals surface area contributed by atoms with Crippen molar-refractivity contribution in [1.82, 2.24) is 10.2 Å². The third kappa shape index (κ3) is 6.45. The summed E-state index contributed by atoms with van der Waals surface area (Å²) in [5, 5.41) is 3.82. The summed E-state index contributed by atoms with van der Waals surface area (Å²) in [6.07, 6.45) is 10.1. The van der Waals surface area contributed by atoms with Crippen LogP contribution in [-0.2, 0) is 4.79 Å². The number of nitrogens with one attached hydrogen (secondary N) is 1. The molecule has 1 aliphatic heterocycles. The molecule has 1 N–H and O–H groups in total. The molecule has 2 aliphatic rings. The minimum Gasteiger partial charge on any atom is -0.341 e. The number of carbonyl (C=O) groups excluding carboxylic acids is 1. The van der Waals surface area contributed by atoms with E-state index in [1.165, 1.54) is 44.9 Å². The van der Waals surface area contributed by atoms with Gasteiger partial charge in [0, 0.05) is 25.6 Å². The van der Waals surface area contributed by atoms with Gasteiger partial charge in [0.15, 0.2) is 0 Å². The van der Waals surface area contributed by atoms with Crippen LogP contribution in [0.4, 0.5) is 0 Å². The molecule has 2 unspecified atom stereocenters. The van der Waals surface area contributed by atoms with Gasteiger partial charge in [0.25, 0.3) is 0 Å². The van der Waals surface area contributed by atoms with E-state index < -0.39 is 0 Å². The van der Waals surface area contributed by atoms with Gasteiger partial charge in [-0.1, -0.05) is 47.0 Å². The first-order valence-corrected chi connectivity index (χ1v) is 9.88. The Bertz CT molecular complexity index is 368. The lowest BCUT2D eigenvalue weighted by atomic mass is 9.79. The zero-order valence-electron chi connectivity index (χ0n) is 15.9. The highest BCUT2D eigenvalue weighted by molar-refractivity contribution is 5.76. The fourth-order valence-corrected chi connectivity index (χ4v) is 4.52. The van der Waals surface area contributed by atoms with E-state index in [2.05, 4.69) is 31.0 Å². The molecule has 0 radical (unpaired) electrons. The van der Waals surface area contributed by atoms with Crippen molar-refractivity contribution in [3.8, 4) is 0 Å². The van der Waals surface area contributed by atoms with Gasteiger partial charge in [0.1, 0.15) is 0 Å². The maximum atomic E-state index is 12.2. The summed E-state index contributed by atoms with van der Waals surface area (Å²) in [5.74, 6) is 1.83. The molecule has 2 fully saturated rings. The fraction of sp³-hybridized carbons (Fsp3) is 0.950. The minimum absolute atomic E-state index is 0.327. The highest BCUT2D eigenvalue weighted by Gasteiger charge is 2.31. The predicted molar refractivity (Wildman–Crippen MR) is 97.4 cm³/mol. The van der Waals surface area contributed by atoms with Crippen molar-refractivity contribution in [1.29, 1.82) is 0 Å². The molecule has 1 heterocycles. The molecule has 3 nitrogen and oxygen atoms in total. The van der Waals surface area contributed by atoms with Crippen LogP contribution >= 0.6 is 0 Å². The van der Waals surface area contributed by atoms with Crippen molar-refractivity contribution >= 4 is 5.91 Å². The van der Waals surface area contributed by atoms with Crippen molar-refractivity contribution in [3.63, 3.8) is 0 Å². The molecule has 1 saturated heterocycles. The van der Waals surface area contributed by atoms with Crippen molar-refractivity contribution in [2.75, 3.05) is 19.6 Å². The van der Waals surface area contributed by atoms with E-state index in [-0.39, 0.29) is 0 Å². The van der Waals surface area contributed by atoms with Crippen LogP contribution in [0.25, 0.3) is 0 Å². The second-order valence-electron chi connectivity index (χ2n) is 9.13. The molecule has 1 amide bonds. The molecular formula is C20H38N2O. The Kier molecular flexibility index (Phi) is 6.94. The highest BCUT2D eigenvalue weighted by Crippen LogP contribution is 2.31. The van der Waals surface area contributed by atoms with E-state index in [1.54, 1.807) is 0 Å². The molecule has 134 valence electrons. The van der Waals surface area contributed by atoms with Gasteiger partial charge in [-0.3, -0.25) is 4.79 Å². The van der Waals surface area contributed by atoms with Crippen molar-refractivity contribution in [2.24, 2.45) is 17.3 Å². The number of likely N-dealkylation sites (tertiary alicyclic amines) is 1. The predicted octanol–water partition coefficient (Wildman–Crippen LogP) is 4.22. The number of amides is 1. The zero-order valence-corrected chi connectivity index (χ0v) is 15.9. The molecule has 1 aliphatic carbocycles. The van der Waals surface area contributed by atoms with Gasteiger partial charge in [0.2, 0.25) is 5.91 Å². The maximum Gasteiger partial charge on any atom is 0.222 e. The molecular weight excluding hydrogens is 284 g/mol. The summed E-state index contributed by atoms with van der Waals surface area (Å²) in [5.41, 5.74) is 0.344. The second-order valence-corrected chi connectivity index (χ2v) is 9.13. The topological polar surface area (TPSA) is 32.3 Å². The lowest BCUT2D eigenvalue weighted by Crippen LogP contribution is -2.52. The first-order chi connectivity index (χ1) is 10.9. The smallest absolute Gasteiger partial charge is 0.222 e. The van der Waals surface area contributed by atoms with Crippen LogP contribution in [0.15, 0.2) is 0 Å².